The van der Waals surface area contributed by atoms with Gasteiger partial charge in [-0.1, -0.05) is 6.08 Å². The SMILES string of the molecule is C=CCN1CCC[C@H]1C(=O)N1CCCNCC1. The van der Waals surface area contributed by atoms with Gasteiger partial charge in [0.1, 0.15) is 0 Å². The molecule has 0 bridgehead atoms. The first-order valence-electron chi connectivity index (χ1n) is 6.67. The van der Waals surface area contributed by atoms with Crippen molar-refractivity contribution in [1.82, 2.24) is 15.1 Å². The standard InChI is InChI=1S/C13H23N3O/c1-2-8-15-9-3-5-12(15)13(17)16-10-4-6-14-7-11-16/h2,12,14H,1,3-11H2/t12-/m0/s1. The van der Waals surface area contributed by atoms with E-state index >= 15 is 0 Å². The summed E-state index contributed by atoms with van der Waals surface area (Å²) >= 11 is 0. The quantitative estimate of drug-likeness (QED) is 0.724. The third-order valence-electron chi connectivity index (χ3n) is 3.66. The maximum Gasteiger partial charge on any atom is 0.239 e. The van der Waals surface area contributed by atoms with Crippen LogP contribution in [0.25, 0.3) is 0 Å². The molecule has 1 amide bonds. The van der Waals surface area contributed by atoms with Crippen LogP contribution in [0, 0.1) is 0 Å². The summed E-state index contributed by atoms with van der Waals surface area (Å²) in [5.41, 5.74) is 0. The van der Waals surface area contributed by atoms with Crippen LogP contribution in [-0.2, 0) is 4.79 Å². The van der Waals surface area contributed by atoms with Crippen LogP contribution in [0.4, 0.5) is 0 Å². The Morgan fingerprint density at radius 3 is 3.00 bits per heavy atom. The van der Waals surface area contributed by atoms with E-state index in [1.165, 1.54) is 0 Å². The summed E-state index contributed by atoms with van der Waals surface area (Å²) in [6.07, 6.45) is 5.11. The monoisotopic (exact) mass is 237 g/mol. The van der Waals surface area contributed by atoms with E-state index in [9.17, 15) is 4.79 Å². The molecule has 2 fully saturated rings. The Balaban J connectivity index is 1.95. The minimum atomic E-state index is 0.103. The molecule has 0 unspecified atom stereocenters. The summed E-state index contributed by atoms with van der Waals surface area (Å²) in [7, 11) is 0. The molecule has 0 saturated carbocycles. The fourth-order valence-electron chi connectivity index (χ4n) is 2.77. The molecule has 2 aliphatic heterocycles. The van der Waals surface area contributed by atoms with Crippen molar-refractivity contribution in [2.75, 3.05) is 39.3 Å². The first kappa shape index (κ1) is 12.6. The lowest BCUT2D eigenvalue weighted by Crippen LogP contribution is -2.46. The Kier molecular flexibility index (Phi) is 4.57. The topological polar surface area (TPSA) is 35.6 Å². The minimum Gasteiger partial charge on any atom is -0.340 e. The number of nitrogens with one attached hydrogen (secondary N) is 1. The zero-order chi connectivity index (χ0) is 12.1. The first-order chi connectivity index (χ1) is 8.33. The van der Waals surface area contributed by atoms with Crippen molar-refractivity contribution in [3.63, 3.8) is 0 Å². The highest BCUT2D eigenvalue weighted by molar-refractivity contribution is 5.82. The Hall–Kier alpha value is -0.870. The molecule has 0 aromatic heterocycles. The smallest absolute Gasteiger partial charge is 0.239 e. The predicted octanol–water partition coefficient (Wildman–Crippen LogP) is 0.459. The molecule has 17 heavy (non-hydrogen) atoms. The number of hydrogen-bond acceptors (Lipinski definition) is 3. The van der Waals surface area contributed by atoms with Crippen molar-refractivity contribution in [1.29, 1.82) is 0 Å². The van der Waals surface area contributed by atoms with Crippen LogP contribution in [0.1, 0.15) is 19.3 Å². The van der Waals surface area contributed by atoms with E-state index in [-0.39, 0.29) is 6.04 Å². The van der Waals surface area contributed by atoms with E-state index in [4.69, 9.17) is 0 Å². The lowest BCUT2D eigenvalue weighted by molar-refractivity contribution is -0.135. The van der Waals surface area contributed by atoms with Gasteiger partial charge in [0.05, 0.1) is 6.04 Å². The van der Waals surface area contributed by atoms with Crippen molar-refractivity contribution in [3.8, 4) is 0 Å². The van der Waals surface area contributed by atoms with Gasteiger partial charge in [-0.25, -0.2) is 0 Å². The third-order valence-corrected chi connectivity index (χ3v) is 3.66. The normalized spacial score (nSPS) is 26.8. The molecule has 96 valence electrons. The summed E-state index contributed by atoms with van der Waals surface area (Å²) in [5, 5.41) is 3.34. The second kappa shape index (κ2) is 6.17. The first-order valence-corrected chi connectivity index (χ1v) is 6.67. The summed E-state index contributed by atoms with van der Waals surface area (Å²) in [5.74, 6) is 0.327. The number of likely N-dealkylation sites (tertiary alicyclic amines) is 1. The van der Waals surface area contributed by atoms with Crippen LogP contribution in [0.5, 0.6) is 0 Å². The van der Waals surface area contributed by atoms with E-state index in [0.29, 0.717) is 5.91 Å². The van der Waals surface area contributed by atoms with Gasteiger partial charge in [-0.2, -0.15) is 0 Å². The van der Waals surface area contributed by atoms with Gasteiger partial charge < -0.3 is 10.2 Å². The number of amides is 1. The Morgan fingerprint density at radius 1 is 1.29 bits per heavy atom. The summed E-state index contributed by atoms with van der Waals surface area (Å²) in [6.45, 7) is 9.37. The summed E-state index contributed by atoms with van der Waals surface area (Å²) < 4.78 is 0. The minimum absolute atomic E-state index is 0.103. The van der Waals surface area contributed by atoms with Crippen molar-refractivity contribution < 1.29 is 4.79 Å². The van der Waals surface area contributed by atoms with E-state index < -0.39 is 0 Å². The van der Waals surface area contributed by atoms with Crippen molar-refractivity contribution in [2.45, 2.75) is 25.3 Å². The van der Waals surface area contributed by atoms with Gasteiger partial charge in [-0.3, -0.25) is 9.69 Å². The third kappa shape index (κ3) is 3.07. The Bertz CT molecular complexity index is 272. The van der Waals surface area contributed by atoms with Gasteiger partial charge in [0, 0.05) is 26.2 Å². The summed E-state index contributed by atoms with van der Waals surface area (Å²) in [4.78, 5) is 16.8. The van der Waals surface area contributed by atoms with Gasteiger partial charge >= 0.3 is 0 Å². The number of hydrogen-bond donors (Lipinski definition) is 1. The molecular weight excluding hydrogens is 214 g/mol. The van der Waals surface area contributed by atoms with Gasteiger partial charge in [0.25, 0.3) is 0 Å². The van der Waals surface area contributed by atoms with Crippen molar-refractivity contribution in [3.05, 3.63) is 12.7 Å². The molecular formula is C13H23N3O. The largest absolute Gasteiger partial charge is 0.340 e. The molecule has 0 aromatic rings. The highest BCUT2D eigenvalue weighted by atomic mass is 16.2. The predicted molar refractivity (Wildman–Crippen MR) is 68.9 cm³/mol. The average molecular weight is 237 g/mol. The Morgan fingerprint density at radius 2 is 2.18 bits per heavy atom. The zero-order valence-corrected chi connectivity index (χ0v) is 10.5. The number of rotatable bonds is 3. The van der Waals surface area contributed by atoms with E-state index in [0.717, 1.165) is 58.5 Å². The van der Waals surface area contributed by atoms with Crippen LogP contribution >= 0.6 is 0 Å². The fourth-order valence-corrected chi connectivity index (χ4v) is 2.77. The molecule has 0 radical (unpaired) electrons. The lowest BCUT2D eigenvalue weighted by Gasteiger charge is -2.28. The lowest BCUT2D eigenvalue weighted by atomic mass is 10.2. The molecule has 4 heteroatoms. The second-order valence-corrected chi connectivity index (χ2v) is 4.87. The van der Waals surface area contributed by atoms with Gasteiger partial charge in [0.2, 0.25) is 5.91 Å². The highest BCUT2D eigenvalue weighted by Crippen LogP contribution is 2.19. The van der Waals surface area contributed by atoms with Crippen molar-refractivity contribution in [2.24, 2.45) is 0 Å². The molecule has 2 heterocycles. The summed E-state index contributed by atoms with van der Waals surface area (Å²) in [6, 6.07) is 0.103. The van der Waals surface area contributed by atoms with Crippen LogP contribution in [0.15, 0.2) is 12.7 Å². The molecule has 2 aliphatic rings. The number of nitrogens with zero attached hydrogens (tertiary/aromatic N) is 2. The fraction of sp³-hybridized carbons (Fsp3) is 0.769. The Labute approximate surface area is 104 Å². The number of carbonyl (C=O) groups excluding carboxylic acids is 1. The second-order valence-electron chi connectivity index (χ2n) is 4.87. The van der Waals surface area contributed by atoms with Crippen LogP contribution in [0.2, 0.25) is 0 Å². The zero-order valence-electron chi connectivity index (χ0n) is 10.5. The van der Waals surface area contributed by atoms with E-state index in [1.54, 1.807) is 0 Å². The molecule has 2 saturated heterocycles. The van der Waals surface area contributed by atoms with Crippen LogP contribution < -0.4 is 5.32 Å². The average Bonchev–Trinajstić information content (AvgIpc) is 2.63. The highest BCUT2D eigenvalue weighted by Gasteiger charge is 2.32. The van der Waals surface area contributed by atoms with Gasteiger partial charge in [0.15, 0.2) is 0 Å². The molecule has 1 N–H and O–H groups in total. The van der Waals surface area contributed by atoms with Crippen LogP contribution in [0.3, 0.4) is 0 Å². The maximum absolute atomic E-state index is 12.5. The van der Waals surface area contributed by atoms with E-state index in [1.807, 2.05) is 11.0 Å². The molecule has 0 spiro atoms. The van der Waals surface area contributed by atoms with Crippen molar-refractivity contribution >= 4 is 5.91 Å². The molecule has 4 nitrogen and oxygen atoms in total. The maximum atomic E-state index is 12.5. The molecule has 2 rings (SSSR count). The molecule has 0 aliphatic carbocycles. The molecule has 0 aromatic carbocycles. The van der Waals surface area contributed by atoms with Gasteiger partial charge in [-0.05, 0) is 32.4 Å². The number of carbonyl (C=O) groups is 1. The van der Waals surface area contributed by atoms with Gasteiger partial charge in [-0.15, -0.1) is 6.58 Å². The molecule has 1 atom stereocenters. The van der Waals surface area contributed by atoms with Crippen LogP contribution in [-0.4, -0.2) is 61.0 Å². The van der Waals surface area contributed by atoms with E-state index in [2.05, 4.69) is 16.8 Å².